The van der Waals surface area contributed by atoms with Crippen LogP contribution in [0.4, 0.5) is 0 Å². The van der Waals surface area contributed by atoms with E-state index >= 15 is 0 Å². The van der Waals surface area contributed by atoms with Crippen LogP contribution in [0.2, 0.25) is 0 Å². The lowest BCUT2D eigenvalue weighted by molar-refractivity contribution is 0.0620. The molecular formula is C20H31N3O3S. The van der Waals surface area contributed by atoms with Crippen LogP contribution in [0, 0.1) is 5.92 Å². The fourth-order valence-corrected chi connectivity index (χ4v) is 5.63. The van der Waals surface area contributed by atoms with E-state index in [2.05, 4.69) is 18.7 Å². The van der Waals surface area contributed by atoms with Crippen LogP contribution in [0.15, 0.2) is 29.2 Å². The highest BCUT2D eigenvalue weighted by Gasteiger charge is 2.32. The van der Waals surface area contributed by atoms with Gasteiger partial charge in [-0.1, -0.05) is 32.4 Å². The molecule has 2 fully saturated rings. The normalized spacial score (nSPS) is 20.2. The summed E-state index contributed by atoms with van der Waals surface area (Å²) in [6.45, 7) is 9.46. The number of hydrogen-bond donors (Lipinski definition) is 0. The molecule has 0 spiro atoms. The van der Waals surface area contributed by atoms with Gasteiger partial charge in [0, 0.05) is 45.8 Å². The Morgan fingerprint density at radius 3 is 2.22 bits per heavy atom. The second-order valence-corrected chi connectivity index (χ2v) is 9.85. The lowest BCUT2D eigenvalue weighted by Crippen LogP contribution is -2.49. The molecule has 0 N–H and O–H groups in total. The average molecular weight is 394 g/mol. The average Bonchev–Trinajstić information content (AvgIpc) is 2.68. The highest BCUT2D eigenvalue weighted by molar-refractivity contribution is 7.89. The molecule has 2 heterocycles. The molecule has 0 unspecified atom stereocenters. The molecule has 2 aliphatic heterocycles. The van der Waals surface area contributed by atoms with Gasteiger partial charge >= 0.3 is 0 Å². The first-order valence-electron chi connectivity index (χ1n) is 10.0. The summed E-state index contributed by atoms with van der Waals surface area (Å²) >= 11 is 0. The van der Waals surface area contributed by atoms with Crippen LogP contribution >= 0.6 is 0 Å². The van der Waals surface area contributed by atoms with Gasteiger partial charge < -0.3 is 4.90 Å². The summed E-state index contributed by atoms with van der Waals surface area (Å²) in [5, 5.41) is 0. The number of rotatable bonds is 5. The minimum absolute atomic E-state index is 0.154. The Balaban J connectivity index is 1.77. The van der Waals surface area contributed by atoms with Crippen molar-refractivity contribution >= 4 is 15.9 Å². The Hall–Kier alpha value is -1.44. The second-order valence-electron chi connectivity index (χ2n) is 7.95. The van der Waals surface area contributed by atoms with Crippen molar-refractivity contribution in [3.63, 3.8) is 0 Å². The first kappa shape index (κ1) is 20.3. The van der Waals surface area contributed by atoms with Crippen molar-refractivity contribution in [1.82, 2.24) is 14.1 Å². The van der Waals surface area contributed by atoms with Gasteiger partial charge in [0.25, 0.3) is 5.91 Å². The standard InChI is InChI=1S/C20H31N3O3S/c1-17(2)16-21-12-14-22(15-13-21)20(24)18-8-4-5-9-19(18)27(25,26)23-10-6-3-7-11-23/h4-5,8-9,17H,3,6-7,10-16H2,1-2H3. The summed E-state index contributed by atoms with van der Waals surface area (Å²) < 4.78 is 27.8. The number of carbonyl (C=O) groups excluding carboxylic acids is 1. The molecular weight excluding hydrogens is 362 g/mol. The van der Waals surface area contributed by atoms with Crippen molar-refractivity contribution in [3.8, 4) is 0 Å². The summed E-state index contributed by atoms with van der Waals surface area (Å²) in [4.78, 5) is 17.4. The van der Waals surface area contributed by atoms with E-state index in [0.29, 0.717) is 37.7 Å². The maximum atomic E-state index is 13.1. The first-order chi connectivity index (χ1) is 12.9. The fourth-order valence-electron chi connectivity index (χ4n) is 3.93. The molecule has 0 bridgehead atoms. The third-order valence-corrected chi connectivity index (χ3v) is 7.29. The molecule has 0 aromatic heterocycles. The van der Waals surface area contributed by atoms with Crippen LogP contribution in [0.5, 0.6) is 0 Å². The van der Waals surface area contributed by atoms with Crippen LogP contribution < -0.4 is 0 Å². The second kappa shape index (κ2) is 8.71. The maximum absolute atomic E-state index is 13.1. The number of piperidine rings is 1. The molecule has 2 aliphatic rings. The van der Waals surface area contributed by atoms with E-state index in [1.807, 2.05) is 0 Å². The topological polar surface area (TPSA) is 60.9 Å². The van der Waals surface area contributed by atoms with E-state index in [1.54, 1.807) is 29.2 Å². The monoisotopic (exact) mass is 393 g/mol. The molecule has 1 amide bonds. The Morgan fingerprint density at radius 2 is 1.59 bits per heavy atom. The Morgan fingerprint density at radius 1 is 0.963 bits per heavy atom. The molecule has 0 atom stereocenters. The van der Waals surface area contributed by atoms with E-state index in [4.69, 9.17) is 0 Å². The van der Waals surface area contributed by atoms with Crippen molar-refractivity contribution < 1.29 is 13.2 Å². The SMILES string of the molecule is CC(C)CN1CCN(C(=O)c2ccccc2S(=O)(=O)N2CCCCC2)CC1. The van der Waals surface area contributed by atoms with Gasteiger partial charge in [0.1, 0.15) is 0 Å². The predicted octanol–water partition coefficient (Wildman–Crippen LogP) is 2.28. The molecule has 7 heteroatoms. The third-order valence-electron chi connectivity index (χ3n) is 5.33. The molecule has 3 rings (SSSR count). The molecule has 0 radical (unpaired) electrons. The highest BCUT2D eigenvalue weighted by Crippen LogP contribution is 2.25. The molecule has 6 nitrogen and oxygen atoms in total. The van der Waals surface area contributed by atoms with Crippen LogP contribution in [0.25, 0.3) is 0 Å². The molecule has 0 saturated carbocycles. The number of hydrogen-bond acceptors (Lipinski definition) is 4. The van der Waals surface area contributed by atoms with Gasteiger partial charge in [0.2, 0.25) is 10.0 Å². The number of benzene rings is 1. The van der Waals surface area contributed by atoms with Gasteiger partial charge in [-0.25, -0.2) is 8.42 Å². The van der Waals surface area contributed by atoms with Crippen LogP contribution in [0.3, 0.4) is 0 Å². The summed E-state index contributed by atoms with van der Waals surface area (Å²) in [5.41, 5.74) is 0.306. The van der Waals surface area contributed by atoms with E-state index in [0.717, 1.165) is 38.9 Å². The number of amides is 1. The molecule has 150 valence electrons. The number of piperazine rings is 1. The fraction of sp³-hybridized carbons (Fsp3) is 0.650. The van der Waals surface area contributed by atoms with Gasteiger partial charge in [-0.3, -0.25) is 9.69 Å². The molecule has 2 saturated heterocycles. The highest BCUT2D eigenvalue weighted by atomic mass is 32.2. The largest absolute Gasteiger partial charge is 0.336 e. The quantitative estimate of drug-likeness (QED) is 0.770. The number of nitrogens with zero attached hydrogens (tertiary/aromatic N) is 3. The van der Waals surface area contributed by atoms with Crippen molar-refractivity contribution in [3.05, 3.63) is 29.8 Å². The van der Waals surface area contributed by atoms with Gasteiger partial charge in [-0.15, -0.1) is 0 Å². The van der Waals surface area contributed by atoms with Gasteiger partial charge in [-0.05, 0) is 30.9 Å². The Bertz CT molecular complexity index is 749. The van der Waals surface area contributed by atoms with Gasteiger partial charge in [0.15, 0.2) is 0 Å². The van der Waals surface area contributed by atoms with Crippen molar-refractivity contribution in [2.45, 2.75) is 38.0 Å². The summed E-state index contributed by atoms with van der Waals surface area (Å²) in [5.74, 6) is 0.429. The summed E-state index contributed by atoms with van der Waals surface area (Å²) in [7, 11) is -3.63. The van der Waals surface area contributed by atoms with E-state index in [-0.39, 0.29) is 10.8 Å². The molecule has 1 aromatic carbocycles. The van der Waals surface area contributed by atoms with Gasteiger partial charge in [-0.2, -0.15) is 4.31 Å². The lowest BCUT2D eigenvalue weighted by Gasteiger charge is -2.36. The zero-order chi connectivity index (χ0) is 19.4. The zero-order valence-electron chi connectivity index (χ0n) is 16.4. The first-order valence-corrected chi connectivity index (χ1v) is 11.4. The van der Waals surface area contributed by atoms with Crippen molar-refractivity contribution in [1.29, 1.82) is 0 Å². The van der Waals surface area contributed by atoms with Crippen LogP contribution in [0.1, 0.15) is 43.5 Å². The summed E-state index contributed by atoms with van der Waals surface area (Å²) in [6, 6.07) is 6.68. The van der Waals surface area contributed by atoms with Gasteiger partial charge in [0.05, 0.1) is 10.5 Å². The van der Waals surface area contributed by atoms with E-state index < -0.39 is 10.0 Å². The van der Waals surface area contributed by atoms with E-state index in [1.165, 1.54) is 4.31 Å². The van der Waals surface area contributed by atoms with Crippen molar-refractivity contribution in [2.24, 2.45) is 5.92 Å². The zero-order valence-corrected chi connectivity index (χ0v) is 17.2. The Kier molecular flexibility index (Phi) is 6.55. The van der Waals surface area contributed by atoms with Crippen LogP contribution in [-0.4, -0.2) is 74.2 Å². The minimum Gasteiger partial charge on any atom is -0.336 e. The predicted molar refractivity (Wildman–Crippen MR) is 106 cm³/mol. The van der Waals surface area contributed by atoms with Crippen LogP contribution in [-0.2, 0) is 10.0 Å². The minimum atomic E-state index is -3.63. The van der Waals surface area contributed by atoms with Crippen molar-refractivity contribution in [2.75, 3.05) is 45.8 Å². The Labute approximate surface area is 163 Å². The van der Waals surface area contributed by atoms with E-state index in [9.17, 15) is 13.2 Å². The number of sulfonamides is 1. The number of carbonyl (C=O) groups is 1. The summed E-state index contributed by atoms with van der Waals surface area (Å²) in [6.07, 6.45) is 2.83. The smallest absolute Gasteiger partial charge is 0.255 e. The third kappa shape index (κ3) is 4.70. The lowest BCUT2D eigenvalue weighted by atomic mass is 10.1. The molecule has 27 heavy (non-hydrogen) atoms. The maximum Gasteiger partial charge on any atom is 0.255 e. The molecule has 1 aromatic rings. The molecule has 0 aliphatic carbocycles.